The standard InChI is InChI=1S/C18H21N3O3/c19-10-12-2-5-16(6-3-12)24-11-18(23)21-20-17(22)9-15-8-13-1-4-14(15)7-13/h2-3,5-6,13-15H,1,4,7-9,11H2,(H,20,22)(H,21,23)/t13-,14+,15-/m0/s1. The molecule has 3 atom stereocenters. The van der Waals surface area contributed by atoms with Gasteiger partial charge in [0.1, 0.15) is 5.75 Å². The third-order valence-corrected chi connectivity index (χ3v) is 5.03. The van der Waals surface area contributed by atoms with Crippen LogP contribution in [0.1, 0.15) is 37.7 Å². The van der Waals surface area contributed by atoms with Crippen LogP contribution in [-0.2, 0) is 9.59 Å². The molecule has 2 fully saturated rings. The number of benzene rings is 1. The second-order valence-corrected chi connectivity index (χ2v) is 6.66. The molecular weight excluding hydrogens is 306 g/mol. The molecular formula is C18H21N3O3. The topological polar surface area (TPSA) is 91.2 Å². The van der Waals surface area contributed by atoms with E-state index in [9.17, 15) is 9.59 Å². The number of hydrazine groups is 1. The Hall–Kier alpha value is -2.55. The van der Waals surface area contributed by atoms with Gasteiger partial charge in [-0.15, -0.1) is 0 Å². The molecule has 2 aliphatic carbocycles. The third-order valence-electron chi connectivity index (χ3n) is 5.03. The zero-order valence-corrected chi connectivity index (χ0v) is 13.5. The van der Waals surface area contributed by atoms with Crippen LogP contribution in [-0.4, -0.2) is 18.4 Å². The van der Waals surface area contributed by atoms with Gasteiger partial charge in [-0.05, 0) is 61.3 Å². The predicted octanol–water partition coefficient (Wildman–Crippen LogP) is 1.91. The summed E-state index contributed by atoms with van der Waals surface area (Å²) in [7, 11) is 0. The summed E-state index contributed by atoms with van der Waals surface area (Å²) in [5, 5.41) is 8.71. The molecule has 2 saturated carbocycles. The third kappa shape index (κ3) is 4.05. The van der Waals surface area contributed by atoms with Crippen molar-refractivity contribution >= 4 is 11.8 Å². The highest BCUT2D eigenvalue weighted by atomic mass is 16.5. The number of nitrogens with zero attached hydrogens (tertiary/aromatic N) is 1. The summed E-state index contributed by atoms with van der Waals surface area (Å²) in [5.74, 6) is 1.91. The number of hydrogen-bond acceptors (Lipinski definition) is 4. The van der Waals surface area contributed by atoms with E-state index in [1.54, 1.807) is 24.3 Å². The Bertz CT molecular complexity index is 650. The molecule has 0 aliphatic heterocycles. The van der Waals surface area contributed by atoms with E-state index in [0.29, 0.717) is 29.6 Å². The van der Waals surface area contributed by atoms with E-state index in [-0.39, 0.29) is 12.5 Å². The fourth-order valence-corrected chi connectivity index (χ4v) is 3.87. The van der Waals surface area contributed by atoms with Crippen molar-refractivity contribution in [2.24, 2.45) is 17.8 Å². The van der Waals surface area contributed by atoms with Gasteiger partial charge in [0.05, 0.1) is 11.6 Å². The van der Waals surface area contributed by atoms with Crippen LogP contribution in [0.3, 0.4) is 0 Å². The maximum absolute atomic E-state index is 11.9. The van der Waals surface area contributed by atoms with Crippen molar-refractivity contribution < 1.29 is 14.3 Å². The summed E-state index contributed by atoms with van der Waals surface area (Å²) in [5.41, 5.74) is 5.37. The molecule has 1 aromatic carbocycles. The number of nitriles is 1. The van der Waals surface area contributed by atoms with Gasteiger partial charge in [-0.2, -0.15) is 5.26 Å². The van der Waals surface area contributed by atoms with Crippen molar-refractivity contribution in [3.63, 3.8) is 0 Å². The zero-order chi connectivity index (χ0) is 16.9. The summed E-state index contributed by atoms with van der Waals surface area (Å²) >= 11 is 0. The Kier molecular flexibility index (Phi) is 4.99. The fraction of sp³-hybridized carbons (Fsp3) is 0.500. The molecule has 0 heterocycles. The lowest BCUT2D eigenvalue weighted by Crippen LogP contribution is -2.44. The first-order valence-corrected chi connectivity index (χ1v) is 8.34. The lowest BCUT2D eigenvalue weighted by atomic mass is 9.86. The first-order chi connectivity index (χ1) is 11.6. The molecule has 0 radical (unpaired) electrons. The number of rotatable bonds is 5. The number of nitrogens with one attached hydrogen (secondary N) is 2. The highest BCUT2D eigenvalue weighted by Crippen LogP contribution is 2.49. The van der Waals surface area contributed by atoms with Crippen LogP contribution < -0.4 is 15.6 Å². The summed E-state index contributed by atoms with van der Waals surface area (Å²) < 4.78 is 5.30. The molecule has 0 aromatic heterocycles. The molecule has 1 aromatic rings. The van der Waals surface area contributed by atoms with Crippen LogP contribution >= 0.6 is 0 Å². The lowest BCUT2D eigenvalue weighted by Gasteiger charge is -2.20. The van der Waals surface area contributed by atoms with Crippen molar-refractivity contribution in [1.29, 1.82) is 5.26 Å². The summed E-state index contributed by atoms with van der Waals surface area (Å²) in [4.78, 5) is 23.6. The minimum absolute atomic E-state index is 0.140. The molecule has 2 aliphatic rings. The smallest absolute Gasteiger partial charge is 0.276 e. The van der Waals surface area contributed by atoms with Crippen molar-refractivity contribution in [3.05, 3.63) is 29.8 Å². The molecule has 6 heteroatoms. The van der Waals surface area contributed by atoms with Crippen molar-refractivity contribution in [3.8, 4) is 11.8 Å². The van der Waals surface area contributed by atoms with E-state index < -0.39 is 5.91 Å². The zero-order valence-electron chi connectivity index (χ0n) is 13.5. The maximum atomic E-state index is 11.9. The Morgan fingerprint density at radius 2 is 1.88 bits per heavy atom. The molecule has 2 N–H and O–H groups in total. The largest absolute Gasteiger partial charge is 0.484 e. The van der Waals surface area contributed by atoms with Gasteiger partial charge in [-0.25, -0.2) is 0 Å². The second-order valence-electron chi connectivity index (χ2n) is 6.66. The number of fused-ring (bicyclic) bond motifs is 2. The van der Waals surface area contributed by atoms with Crippen LogP contribution in [0.15, 0.2) is 24.3 Å². The van der Waals surface area contributed by atoms with Gasteiger partial charge in [-0.3, -0.25) is 20.4 Å². The van der Waals surface area contributed by atoms with Crippen LogP contribution in [0, 0.1) is 29.1 Å². The lowest BCUT2D eigenvalue weighted by molar-refractivity contribution is -0.130. The second kappa shape index (κ2) is 7.35. The van der Waals surface area contributed by atoms with Crippen molar-refractivity contribution in [2.75, 3.05) is 6.61 Å². The number of carbonyl (C=O) groups is 2. The average molecular weight is 327 g/mol. The Balaban J connectivity index is 1.34. The first-order valence-electron chi connectivity index (χ1n) is 8.34. The van der Waals surface area contributed by atoms with Crippen LogP contribution in [0.5, 0.6) is 5.75 Å². The number of amides is 2. The number of carbonyl (C=O) groups excluding carboxylic acids is 2. The molecule has 0 spiro atoms. The van der Waals surface area contributed by atoms with Gasteiger partial charge in [0.25, 0.3) is 5.91 Å². The van der Waals surface area contributed by atoms with Crippen LogP contribution in [0.25, 0.3) is 0 Å². The number of ether oxygens (including phenoxy) is 1. The molecule has 0 saturated heterocycles. The molecule has 24 heavy (non-hydrogen) atoms. The van der Waals surface area contributed by atoms with Gasteiger partial charge in [-0.1, -0.05) is 6.42 Å². The van der Waals surface area contributed by atoms with Gasteiger partial charge < -0.3 is 4.74 Å². The van der Waals surface area contributed by atoms with E-state index in [1.807, 2.05) is 6.07 Å². The van der Waals surface area contributed by atoms with Crippen molar-refractivity contribution in [2.45, 2.75) is 32.1 Å². The quantitative estimate of drug-likeness (QED) is 0.808. The average Bonchev–Trinajstić information content (AvgIpc) is 3.21. The number of hydrogen-bond donors (Lipinski definition) is 2. The Labute approximate surface area is 141 Å². The summed E-state index contributed by atoms with van der Waals surface area (Å²) in [6, 6.07) is 8.49. The van der Waals surface area contributed by atoms with Gasteiger partial charge >= 0.3 is 0 Å². The molecule has 126 valence electrons. The van der Waals surface area contributed by atoms with E-state index in [1.165, 1.54) is 19.3 Å². The predicted molar refractivity (Wildman–Crippen MR) is 86.5 cm³/mol. The maximum Gasteiger partial charge on any atom is 0.276 e. The van der Waals surface area contributed by atoms with E-state index in [4.69, 9.17) is 10.00 Å². The SMILES string of the molecule is N#Cc1ccc(OCC(=O)NNC(=O)C[C@@H]2C[C@H]3CC[C@@H]2C3)cc1. The molecule has 2 amide bonds. The minimum Gasteiger partial charge on any atom is -0.484 e. The van der Waals surface area contributed by atoms with Gasteiger partial charge in [0.15, 0.2) is 6.61 Å². The van der Waals surface area contributed by atoms with E-state index in [0.717, 1.165) is 12.3 Å². The van der Waals surface area contributed by atoms with Gasteiger partial charge in [0.2, 0.25) is 5.91 Å². The van der Waals surface area contributed by atoms with Crippen LogP contribution in [0.4, 0.5) is 0 Å². The molecule has 3 rings (SSSR count). The fourth-order valence-electron chi connectivity index (χ4n) is 3.87. The van der Waals surface area contributed by atoms with Crippen molar-refractivity contribution in [1.82, 2.24) is 10.9 Å². The van der Waals surface area contributed by atoms with Gasteiger partial charge in [0, 0.05) is 6.42 Å². The van der Waals surface area contributed by atoms with Crippen LogP contribution in [0.2, 0.25) is 0 Å². The highest BCUT2D eigenvalue weighted by Gasteiger charge is 2.40. The normalized spacial score (nSPS) is 24.2. The van der Waals surface area contributed by atoms with E-state index in [2.05, 4.69) is 10.9 Å². The monoisotopic (exact) mass is 327 g/mol. The van der Waals surface area contributed by atoms with E-state index >= 15 is 0 Å². The Morgan fingerprint density at radius 3 is 2.50 bits per heavy atom. The highest BCUT2D eigenvalue weighted by molar-refractivity contribution is 5.82. The summed E-state index contributed by atoms with van der Waals surface area (Å²) in [6.07, 6.45) is 5.45. The summed E-state index contributed by atoms with van der Waals surface area (Å²) in [6.45, 7) is -0.194. The minimum atomic E-state index is -0.416. The Morgan fingerprint density at radius 1 is 1.12 bits per heavy atom. The molecule has 6 nitrogen and oxygen atoms in total. The molecule has 2 bridgehead atoms. The first kappa shape index (κ1) is 16.3. The molecule has 0 unspecified atom stereocenters.